The van der Waals surface area contributed by atoms with Gasteiger partial charge in [-0.3, -0.25) is 9.69 Å². The van der Waals surface area contributed by atoms with E-state index in [1.165, 1.54) is 55.4 Å². The Morgan fingerprint density at radius 2 is 1.33 bits per heavy atom. The van der Waals surface area contributed by atoms with Crippen molar-refractivity contribution in [2.45, 2.75) is 31.8 Å². The highest BCUT2D eigenvalue weighted by Gasteiger charge is 2.23. The molecule has 0 spiro atoms. The first kappa shape index (κ1) is 37.0. The number of benzene rings is 5. The summed E-state index contributed by atoms with van der Waals surface area (Å²) in [4.78, 5) is 24.8. The number of hydrogen-bond donors (Lipinski definition) is 5. The van der Waals surface area contributed by atoms with Crippen LogP contribution in [0.5, 0.6) is 11.5 Å². The van der Waals surface area contributed by atoms with E-state index in [0.29, 0.717) is 22.8 Å². The maximum atomic E-state index is 11.9. The number of phenolic OH excluding ortho intramolecular Hbond substituents is 1. The number of carboxylic acid groups (broad SMARTS) is 1. The molecule has 0 aromatic heterocycles. The number of phenols is 2. The zero-order valence-corrected chi connectivity index (χ0v) is 29.3. The van der Waals surface area contributed by atoms with Crippen LogP contribution in [0, 0.1) is 0 Å². The van der Waals surface area contributed by atoms with Gasteiger partial charge in [-0.05, 0) is 92.1 Å². The molecule has 1 aliphatic heterocycles. The number of aromatic carboxylic acids is 1. The molecule has 5 aromatic carbocycles. The van der Waals surface area contributed by atoms with Crippen LogP contribution in [0.15, 0.2) is 132 Å². The number of likely N-dealkylation sites (tertiary alicyclic amines) is 1. The number of nitrogens with one attached hydrogen (secondary N) is 2. The van der Waals surface area contributed by atoms with E-state index in [4.69, 9.17) is 21.8 Å². The second-order valence-electron chi connectivity index (χ2n) is 11.4. The topological polar surface area (TPSA) is 122 Å². The Hall–Kier alpha value is -4.83. The van der Waals surface area contributed by atoms with Crippen LogP contribution < -0.4 is 10.6 Å². The number of para-hydroxylation sites is 2. The summed E-state index contributed by atoms with van der Waals surface area (Å²) in [6.45, 7) is 4.65. The number of nitrogens with zero attached hydrogens (tertiary/aromatic N) is 1. The maximum absolute atomic E-state index is 11.9. The number of rotatable bonds is 7. The fraction of sp³-hybridized carbons (Fsp3) is 0.179. The van der Waals surface area contributed by atoms with Crippen molar-refractivity contribution in [2.75, 3.05) is 23.7 Å². The zero-order chi connectivity index (χ0) is 35.2. The van der Waals surface area contributed by atoms with Gasteiger partial charge in [-0.25, -0.2) is 4.79 Å². The lowest BCUT2D eigenvalue weighted by Crippen LogP contribution is -2.40. The molecule has 0 saturated carbocycles. The molecule has 1 fully saturated rings. The number of amides is 1. The first-order valence-electron chi connectivity index (χ1n) is 15.8. The van der Waals surface area contributed by atoms with E-state index in [9.17, 15) is 14.7 Å². The van der Waals surface area contributed by atoms with E-state index in [1.807, 2.05) is 0 Å². The highest BCUT2D eigenvalue weighted by molar-refractivity contribution is 9.10. The van der Waals surface area contributed by atoms with Crippen molar-refractivity contribution in [3.63, 3.8) is 0 Å². The molecule has 6 rings (SSSR count). The standard InChI is InChI=1S/C19H24N2.C13H9BrClNO2.C7H6O3/c1-16(17-8-4-2-5-9-17)21-14-12-19(13-15-21)20-18-10-6-3-7-11-18;14-8-1-6-12(17)11(7-8)13(18)16-10-4-2-9(15)3-5-10;8-6-4-2-1-3-5(6)7(9)10/h2-11,16,19-20H,12-15H2,1H3;1-7,17H,(H,16,18);1-4,8H,(H,9,10). The number of carboxylic acids is 1. The Morgan fingerprint density at radius 1 is 0.755 bits per heavy atom. The summed E-state index contributed by atoms with van der Waals surface area (Å²) in [6.07, 6.45) is 2.43. The van der Waals surface area contributed by atoms with Crippen molar-refractivity contribution in [1.29, 1.82) is 0 Å². The van der Waals surface area contributed by atoms with Gasteiger partial charge in [0.2, 0.25) is 0 Å². The van der Waals surface area contributed by atoms with E-state index < -0.39 is 5.97 Å². The predicted octanol–water partition coefficient (Wildman–Crippen LogP) is 9.47. The third-order valence-electron chi connectivity index (χ3n) is 7.94. The molecule has 49 heavy (non-hydrogen) atoms. The number of anilines is 2. The molecule has 10 heteroatoms. The molecule has 8 nitrogen and oxygen atoms in total. The van der Waals surface area contributed by atoms with Crippen LogP contribution in [-0.2, 0) is 0 Å². The van der Waals surface area contributed by atoms with Crippen LogP contribution >= 0.6 is 27.5 Å². The highest BCUT2D eigenvalue weighted by Crippen LogP contribution is 2.26. The Kier molecular flexibility index (Phi) is 14.1. The second-order valence-corrected chi connectivity index (χ2v) is 12.7. The van der Waals surface area contributed by atoms with Crippen LogP contribution in [0.1, 0.15) is 52.1 Å². The molecule has 1 amide bonds. The van der Waals surface area contributed by atoms with Crippen molar-refractivity contribution in [1.82, 2.24) is 4.90 Å². The smallest absolute Gasteiger partial charge is 0.339 e. The number of piperidine rings is 1. The van der Waals surface area contributed by atoms with Gasteiger partial charge in [-0.1, -0.05) is 88.2 Å². The van der Waals surface area contributed by atoms with Crippen LogP contribution in [0.3, 0.4) is 0 Å². The molecular weight excluding hydrogens is 706 g/mol. The maximum Gasteiger partial charge on any atom is 0.339 e. The second kappa shape index (κ2) is 18.6. The number of hydrogen-bond acceptors (Lipinski definition) is 6. The van der Waals surface area contributed by atoms with Gasteiger partial charge in [-0.15, -0.1) is 0 Å². The number of halogens is 2. The van der Waals surface area contributed by atoms with Crippen molar-refractivity contribution in [3.8, 4) is 11.5 Å². The Morgan fingerprint density at radius 3 is 1.92 bits per heavy atom. The summed E-state index contributed by atoms with van der Waals surface area (Å²) < 4.78 is 0.724. The Balaban J connectivity index is 0.000000176. The molecule has 0 bridgehead atoms. The Labute approximate surface area is 300 Å². The molecule has 1 saturated heterocycles. The first-order valence-corrected chi connectivity index (χ1v) is 16.9. The monoisotopic (exact) mass is 743 g/mol. The zero-order valence-electron chi connectivity index (χ0n) is 27.0. The first-order chi connectivity index (χ1) is 23.6. The van der Waals surface area contributed by atoms with Gasteiger partial charge in [0, 0.05) is 46.0 Å². The molecule has 5 N–H and O–H groups in total. The molecule has 0 radical (unpaired) electrons. The highest BCUT2D eigenvalue weighted by atomic mass is 79.9. The SMILES string of the molecule is CC(c1ccccc1)N1CCC(Nc2ccccc2)CC1.O=C(Nc1ccc(Cl)cc1)c1cc(Br)ccc1O.O=C(O)c1ccccc1O. The van der Waals surface area contributed by atoms with E-state index in [0.717, 1.165) is 4.47 Å². The lowest BCUT2D eigenvalue weighted by Gasteiger charge is -2.36. The summed E-state index contributed by atoms with van der Waals surface area (Å²) >= 11 is 9.00. The van der Waals surface area contributed by atoms with E-state index in [-0.39, 0.29) is 28.5 Å². The summed E-state index contributed by atoms with van der Waals surface area (Å²) in [6, 6.07) is 39.7. The molecule has 5 aromatic rings. The lowest BCUT2D eigenvalue weighted by atomic mass is 10.00. The molecule has 1 aliphatic rings. The van der Waals surface area contributed by atoms with E-state index >= 15 is 0 Å². The average Bonchev–Trinajstić information content (AvgIpc) is 3.12. The van der Waals surface area contributed by atoms with Crippen LogP contribution in [0.2, 0.25) is 5.02 Å². The summed E-state index contributed by atoms with van der Waals surface area (Å²) in [5.74, 6) is -1.76. The molecule has 1 atom stereocenters. The molecular formula is C39H39BrClN3O5. The van der Waals surface area contributed by atoms with Gasteiger partial charge in [0.05, 0.1) is 5.56 Å². The minimum Gasteiger partial charge on any atom is -0.507 e. The summed E-state index contributed by atoms with van der Waals surface area (Å²) in [5.41, 5.74) is 3.42. The van der Waals surface area contributed by atoms with Crippen LogP contribution in [0.4, 0.5) is 11.4 Å². The number of carbonyl (C=O) groups is 2. The molecule has 0 aliphatic carbocycles. The van der Waals surface area contributed by atoms with Gasteiger partial charge < -0.3 is 26.0 Å². The van der Waals surface area contributed by atoms with Crippen LogP contribution in [-0.4, -0.2) is 51.2 Å². The van der Waals surface area contributed by atoms with Crippen molar-refractivity contribution < 1.29 is 24.9 Å². The molecule has 254 valence electrons. The van der Waals surface area contributed by atoms with Gasteiger partial charge in [-0.2, -0.15) is 0 Å². The van der Waals surface area contributed by atoms with Crippen molar-refractivity contribution in [3.05, 3.63) is 154 Å². The van der Waals surface area contributed by atoms with E-state index in [1.54, 1.807) is 48.5 Å². The third-order valence-corrected chi connectivity index (χ3v) is 8.69. The quantitative estimate of drug-likeness (QED) is 0.113. The normalized spacial score (nSPS) is 13.4. The largest absolute Gasteiger partial charge is 0.507 e. The van der Waals surface area contributed by atoms with Gasteiger partial charge >= 0.3 is 5.97 Å². The molecule has 1 heterocycles. The third kappa shape index (κ3) is 11.7. The number of carbonyl (C=O) groups excluding carboxylic acids is 1. The van der Waals surface area contributed by atoms with Gasteiger partial charge in [0.15, 0.2) is 0 Å². The minimum atomic E-state index is -1.11. The summed E-state index contributed by atoms with van der Waals surface area (Å²) in [7, 11) is 0. The molecule has 1 unspecified atom stereocenters. The summed E-state index contributed by atoms with van der Waals surface area (Å²) in [5, 5.41) is 33.9. The van der Waals surface area contributed by atoms with Crippen molar-refractivity contribution >= 4 is 50.8 Å². The average molecular weight is 745 g/mol. The fourth-order valence-electron chi connectivity index (χ4n) is 5.22. The lowest BCUT2D eigenvalue weighted by molar-refractivity contribution is 0.0693. The Bertz CT molecular complexity index is 1780. The minimum absolute atomic E-state index is 0.0651. The van der Waals surface area contributed by atoms with Crippen molar-refractivity contribution in [2.24, 2.45) is 0 Å². The van der Waals surface area contributed by atoms with Crippen LogP contribution in [0.25, 0.3) is 0 Å². The number of aromatic hydroxyl groups is 2. The predicted molar refractivity (Wildman–Crippen MR) is 200 cm³/mol. The van der Waals surface area contributed by atoms with Gasteiger partial charge in [0.25, 0.3) is 5.91 Å². The van der Waals surface area contributed by atoms with E-state index in [2.05, 4.69) is 99.1 Å². The van der Waals surface area contributed by atoms with Gasteiger partial charge in [0.1, 0.15) is 17.1 Å². The fourth-order valence-corrected chi connectivity index (χ4v) is 5.71.